The molecule has 4 aromatic rings. The Kier molecular flexibility index (Phi) is 5.30. The number of rotatable bonds is 4. The largest absolute Gasteiger partial charge is 0.494 e. The summed E-state index contributed by atoms with van der Waals surface area (Å²) in [7, 11) is -0.386. The molecule has 0 amide bonds. The van der Waals surface area contributed by atoms with Gasteiger partial charge in [0.15, 0.2) is 0 Å². The van der Waals surface area contributed by atoms with Crippen molar-refractivity contribution in [3.05, 3.63) is 66.0 Å². The van der Waals surface area contributed by atoms with Crippen molar-refractivity contribution in [1.82, 2.24) is 9.97 Å². The Bertz CT molecular complexity index is 1350. The molecule has 1 fully saturated rings. The summed E-state index contributed by atoms with van der Waals surface area (Å²) in [6, 6.07) is 19.3. The Hall–Kier alpha value is -2.76. The second-order valence-corrected chi connectivity index (χ2v) is 9.92. The van der Waals surface area contributed by atoms with Gasteiger partial charge >= 0.3 is 7.12 Å². The second-order valence-electron chi connectivity index (χ2n) is 9.92. The first-order valence-electron chi connectivity index (χ1n) is 11.9. The minimum absolute atomic E-state index is 0.367. The quantitative estimate of drug-likeness (QED) is 0.295. The van der Waals surface area contributed by atoms with E-state index in [-0.39, 0.29) is 18.3 Å². The van der Waals surface area contributed by atoms with Crippen LogP contribution in [0.2, 0.25) is 0 Å². The number of hydrogen-bond donors (Lipinski definition) is 0. The van der Waals surface area contributed by atoms with E-state index in [1.165, 1.54) is 5.56 Å². The molecular weight excluding hydrogens is 407 g/mol. The number of benzene rings is 2. The van der Waals surface area contributed by atoms with Crippen molar-refractivity contribution >= 4 is 34.4 Å². The van der Waals surface area contributed by atoms with E-state index in [1.807, 2.05) is 0 Å². The van der Waals surface area contributed by atoms with Gasteiger partial charge in [0, 0.05) is 22.2 Å². The molecule has 1 aliphatic rings. The minimum atomic E-state index is -0.386. The van der Waals surface area contributed by atoms with E-state index in [9.17, 15) is 0 Å². The van der Waals surface area contributed by atoms with Crippen LogP contribution in [0.25, 0.3) is 32.9 Å². The van der Waals surface area contributed by atoms with E-state index in [1.54, 1.807) is 0 Å². The lowest BCUT2D eigenvalue weighted by atomic mass is 9.78. The topological polar surface area (TPSA) is 44.2 Å². The third kappa shape index (κ3) is 3.73. The monoisotopic (exact) mass is 438 g/mol. The Balaban J connectivity index is 1.68. The first-order chi connectivity index (χ1) is 15.7. The molecule has 2 aromatic carbocycles. The van der Waals surface area contributed by atoms with Gasteiger partial charge in [0.25, 0.3) is 0 Å². The van der Waals surface area contributed by atoms with Crippen LogP contribution in [0.4, 0.5) is 0 Å². The number of aromatic nitrogens is 2. The molecule has 0 bridgehead atoms. The molecule has 168 valence electrons. The van der Waals surface area contributed by atoms with Crippen LogP contribution in [0.15, 0.2) is 54.6 Å². The van der Waals surface area contributed by atoms with Gasteiger partial charge in [0.1, 0.15) is 0 Å². The van der Waals surface area contributed by atoms with Crippen LogP contribution in [0.1, 0.15) is 52.9 Å². The van der Waals surface area contributed by atoms with Crippen LogP contribution < -0.4 is 5.46 Å². The van der Waals surface area contributed by atoms with Crippen molar-refractivity contribution in [3.63, 3.8) is 0 Å². The van der Waals surface area contributed by atoms with Crippen LogP contribution in [0.3, 0.4) is 0 Å². The zero-order valence-corrected chi connectivity index (χ0v) is 20.4. The molecule has 5 heteroatoms. The highest BCUT2D eigenvalue weighted by molar-refractivity contribution is 6.62. The molecule has 1 aliphatic heterocycles. The van der Waals surface area contributed by atoms with Gasteiger partial charge in [-0.15, -0.1) is 0 Å². The number of hydrogen-bond acceptors (Lipinski definition) is 4. The summed E-state index contributed by atoms with van der Waals surface area (Å²) in [6.07, 6.45) is 1.77. The molecule has 2 aromatic heterocycles. The molecule has 0 atom stereocenters. The summed E-state index contributed by atoms with van der Waals surface area (Å²) in [5, 5.41) is 2.24. The smallest absolute Gasteiger partial charge is 0.399 e. The van der Waals surface area contributed by atoms with Crippen molar-refractivity contribution in [2.75, 3.05) is 0 Å². The minimum Gasteiger partial charge on any atom is -0.399 e. The first kappa shape index (κ1) is 22.1. The zero-order chi connectivity index (χ0) is 23.4. The molecule has 0 unspecified atom stereocenters. The highest BCUT2D eigenvalue weighted by Crippen LogP contribution is 2.37. The second kappa shape index (κ2) is 7.93. The maximum Gasteiger partial charge on any atom is 0.494 e. The van der Waals surface area contributed by atoms with E-state index in [0.717, 1.165) is 57.1 Å². The van der Waals surface area contributed by atoms with E-state index in [0.29, 0.717) is 0 Å². The average molecular weight is 438 g/mol. The Morgan fingerprint density at radius 1 is 0.758 bits per heavy atom. The summed E-state index contributed by atoms with van der Waals surface area (Å²) >= 11 is 0. The molecule has 33 heavy (non-hydrogen) atoms. The summed E-state index contributed by atoms with van der Waals surface area (Å²) in [5.41, 5.74) is 6.70. The average Bonchev–Trinajstić information content (AvgIpc) is 3.04. The van der Waals surface area contributed by atoms with Crippen molar-refractivity contribution in [2.24, 2.45) is 0 Å². The first-order valence-corrected chi connectivity index (χ1v) is 11.9. The number of fused-ring (bicyclic) bond motifs is 3. The van der Waals surface area contributed by atoms with Crippen LogP contribution in [-0.4, -0.2) is 28.3 Å². The number of nitrogens with zero attached hydrogens (tertiary/aromatic N) is 2. The van der Waals surface area contributed by atoms with Gasteiger partial charge in [-0.3, -0.25) is 9.97 Å². The Morgan fingerprint density at radius 3 is 2.12 bits per heavy atom. The van der Waals surface area contributed by atoms with Crippen molar-refractivity contribution in [2.45, 2.75) is 65.6 Å². The van der Waals surface area contributed by atoms with Gasteiger partial charge in [-0.05, 0) is 69.3 Å². The highest BCUT2D eigenvalue weighted by Gasteiger charge is 2.51. The lowest BCUT2D eigenvalue weighted by Gasteiger charge is -2.32. The Labute approximate surface area is 196 Å². The normalized spacial score (nSPS) is 17.2. The molecule has 0 spiro atoms. The molecule has 0 radical (unpaired) electrons. The van der Waals surface area contributed by atoms with Crippen molar-refractivity contribution in [1.29, 1.82) is 0 Å². The summed E-state index contributed by atoms with van der Waals surface area (Å²) in [4.78, 5) is 9.95. The zero-order valence-electron chi connectivity index (χ0n) is 20.4. The summed E-state index contributed by atoms with van der Waals surface area (Å²) < 4.78 is 12.6. The Morgan fingerprint density at radius 2 is 1.42 bits per heavy atom. The van der Waals surface area contributed by atoms with Crippen molar-refractivity contribution in [3.8, 4) is 11.1 Å². The molecule has 1 saturated heterocycles. The van der Waals surface area contributed by atoms with Crippen LogP contribution in [0, 0.1) is 0 Å². The maximum atomic E-state index is 6.31. The molecule has 0 aliphatic carbocycles. The van der Waals surface area contributed by atoms with Gasteiger partial charge in [-0.25, -0.2) is 0 Å². The standard InChI is InChI=1S/C28H31BN2O2/c1-7-21-14-12-18-13-15-23-24(17-22(8-2)31-26(23)25(18)30-21)19-10-9-11-20(16-19)29-32-27(3,4)28(5,6)33-29/h9-17H,7-8H2,1-6H3. The van der Waals surface area contributed by atoms with Gasteiger partial charge < -0.3 is 9.31 Å². The van der Waals surface area contributed by atoms with Crippen LogP contribution in [-0.2, 0) is 22.2 Å². The fraction of sp³-hybridized carbons (Fsp3) is 0.357. The maximum absolute atomic E-state index is 6.31. The van der Waals surface area contributed by atoms with Crippen LogP contribution in [0.5, 0.6) is 0 Å². The van der Waals surface area contributed by atoms with E-state index >= 15 is 0 Å². The highest BCUT2D eigenvalue weighted by atomic mass is 16.7. The van der Waals surface area contributed by atoms with E-state index < -0.39 is 0 Å². The van der Waals surface area contributed by atoms with Crippen molar-refractivity contribution < 1.29 is 9.31 Å². The summed E-state index contributed by atoms with van der Waals surface area (Å²) in [5.74, 6) is 0. The van der Waals surface area contributed by atoms with Gasteiger partial charge in [-0.2, -0.15) is 0 Å². The van der Waals surface area contributed by atoms with Gasteiger partial charge in [0.2, 0.25) is 0 Å². The van der Waals surface area contributed by atoms with Crippen LogP contribution >= 0.6 is 0 Å². The van der Waals surface area contributed by atoms with E-state index in [4.69, 9.17) is 19.3 Å². The predicted molar refractivity (Wildman–Crippen MR) is 137 cm³/mol. The fourth-order valence-electron chi connectivity index (χ4n) is 4.41. The molecule has 4 nitrogen and oxygen atoms in total. The predicted octanol–water partition coefficient (Wildman–Crippen LogP) is 5.87. The number of pyridine rings is 2. The van der Waals surface area contributed by atoms with E-state index in [2.05, 4.69) is 96.1 Å². The lowest BCUT2D eigenvalue weighted by molar-refractivity contribution is 0.00578. The SMILES string of the molecule is CCc1ccc2ccc3c(-c4cccc(B5OC(C)(C)C(C)(C)O5)c4)cc(CC)nc3c2n1. The molecule has 0 N–H and O–H groups in total. The molecule has 3 heterocycles. The fourth-order valence-corrected chi connectivity index (χ4v) is 4.41. The third-order valence-electron chi connectivity index (χ3n) is 7.20. The molecular formula is C28H31BN2O2. The van der Waals surface area contributed by atoms with Gasteiger partial charge in [0.05, 0.1) is 22.2 Å². The molecule has 0 saturated carbocycles. The third-order valence-corrected chi connectivity index (χ3v) is 7.20. The van der Waals surface area contributed by atoms with Gasteiger partial charge in [-0.1, -0.05) is 56.3 Å². The summed E-state index contributed by atoms with van der Waals surface area (Å²) in [6.45, 7) is 12.6. The molecule has 5 rings (SSSR count). The number of aryl methyl sites for hydroxylation is 2. The lowest BCUT2D eigenvalue weighted by Crippen LogP contribution is -2.41.